The fourth-order valence-corrected chi connectivity index (χ4v) is 4.54. The third-order valence-corrected chi connectivity index (χ3v) is 6.73. The van der Waals surface area contributed by atoms with Gasteiger partial charge in [-0.15, -0.1) is 11.3 Å². The second-order valence-electron chi connectivity index (χ2n) is 5.15. The molecule has 1 saturated carbocycles. The van der Waals surface area contributed by atoms with Gasteiger partial charge in [-0.2, -0.15) is 0 Å². The Morgan fingerprint density at radius 1 is 1.50 bits per heavy atom. The molecule has 1 nitrogen and oxygen atoms in total. The van der Waals surface area contributed by atoms with E-state index in [1.807, 2.05) is 0 Å². The van der Waals surface area contributed by atoms with Crippen molar-refractivity contribution in [2.45, 2.75) is 45.7 Å². The van der Waals surface area contributed by atoms with E-state index in [0.717, 1.165) is 6.54 Å². The highest BCUT2D eigenvalue weighted by molar-refractivity contribution is 9.13. The minimum absolute atomic E-state index is 0.464. The molecule has 0 radical (unpaired) electrons. The summed E-state index contributed by atoms with van der Waals surface area (Å²) in [7, 11) is 0. The normalized spacial score (nSPS) is 23.9. The Kier molecular flexibility index (Phi) is 4.15. The lowest BCUT2D eigenvalue weighted by Gasteiger charge is -2.27. The topological polar surface area (TPSA) is 12.0 Å². The Bertz CT molecular complexity index is 354. The van der Waals surface area contributed by atoms with Crippen molar-refractivity contribution in [2.75, 3.05) is 0 Å². The minimum atomic E-state index is 0.464. The molecule has 4 heteroatoms. The van der Waals surface area contributed by atoms with Crippen LogP contribution in [0.25, 0.3) is 0 Å². The van der Waals surface area contributed by atoms with E-state index in [1.165, 1.54) is 32.4 Å². The molecule has 0 saturated heterocycles. The molecule has 1 aromatic rings. The first-order valence-corrected chi connectivity index (χ1v) is 8.06. The molecule has 16 heavy (non-hydrogen) atoms. The standard InChI is InChI=1S/C12H17Br2NS/c1-12(2)5-3-4-10(12)15-7-8-6-9(13)11(14)16-8/h6,10,15H,3-5,7H2,1-2H3. The lowest BCUT2D eigenvalue weighted by Crippen LogP contribution is -2.36. The smallest absolute Gasteiger partial charge is 0.0843 e. The first-order valence-electron chi connectivity index (χ1n) is 5.66. The molecular formula is C12H17Br2NS. The van der Waals surface area contributed by atoms with Crippen LogP contribution in [-0.2, 0) is 6.54 Å². The molecule has 1 N–H and O–H groups in total. The minimum Gasteiger partial charge on any atom is -0.309 e. The van der Waals surface area contributed by atoms with Gasteiger partial charge in [0, 0.05) is 21.9 Å². The fourth-order valence-electron chi connectivity index (χ4n) is 2.41. The summed E-state index contributed by atoms with van der Waals surface area (Å²) in [6.07, 6.45) is 4.03. The molecule has 1 aliphatic rings. The van der Waals surface area contributed by atoms with Gasteiger partial charge in [-0.25, -0.2) is 0 Å². The van der Waals surface area contributed by atoms with Crippen molar-refractivity contribution in [3.8, 4) is 0 Å². The summed E-state index contributed by atoms with van der Waals surface area (Å²) in [6.45, 7) is 5.73. The van der Waals surface area contributed by atoms with Crippen LogP contribution in [0.3, 0.4) is 0 Å². The largest absolute Gasteiger partial charge is 0.309 e. The molecule has 0 aromatic carbocycles. The van der Waals surface area contributed by atoms with Crippen molar-refractivity contribution in [2.24, 2.45) is 5.41 Å². The van der Waals surface area contributed by atoms with Crippen LogP contribution in [0.2, 0.25) is 0 Å². The molecule has 1 aliphatic carbocycles. The molecule has 1 unspecified atom stereocenters. The SMILES string of the molecule is CC1(C)CCCC1NCc1cc(Br)c(Br)s1. The Morgan fingerprint density at radius 3 is 2.75 bits per heavy atom. The van der Waals surface area contributed by atoms with Gasteiger partial charge in [0.25, 0.3) is 0 Å². The number of hydrogen-bond acceptors (Lipinski definition) is 2. The Balaban J connectivity index is 1.92. The second kappa shape index (κ2) is 5.09. The van der Waals surface area contributed by atoms with Gasteiger partial charge in [0.1, 0.15) is 0 Å². The lowest BCUT2D eigenvalue weighted by atomic mass is 9.87. The predicted octanol–water partition coefficient (Wildman–Crippen LogP) is 4.94. The van der Waals surface area contributed by atoms with E-state index in [1.54, 1.807) is 11.3 Å². The third kappa shape index (κ3) is 2.89. The summed E-state index contributed by atoms with van der Waals surface area (Å²) >= 11 is 8.87. The Morgan fingerprint density at radius 2 is 2.25 bits per heavy atom. The Hall–Kier alpha value is 0.620. The van der Waals surface area contributed by atoms with E-state index < -0.39 is 0 Å². The average Bonchev–Trinajstić information content (AvgIpc) is 2.68. The zero-order valence-corrected chi connectivity index (χ0v) is 13.6. The highest BCUT2D eigenvalue weighted by Gasteiger charge is 2.33. The van der Waals surface area contributed by atoms with Crippen LogP contribution in [0.4, 0.5) is 0 Å². The molecule has 0 bridgehead atoms. The molecule has 90 valence electrons. The number of nitrogens with one attached hydrogen (secondary N) is 1. The van der Waals surface area contributed by atoms with Crippen molar-refractivity contribution >= 4 is 43.2 Å². The maximum atomic E-state index is 3.70. The van der Waals surface area contributed by atoms with Gasteiger partial charge in [0.15, 0.2) is 0 Å². The van der Waals surface area contributed by atoms with Crippen LogP contribution in [0.15, 0.2) is 14.3 Å². The summed E-state index contributed by atoms with van der Waals surface area (Å²) in [4.78, 5) is 1.39. The molecule has 1 atom stereocenters. The van der Waals surface area contributed by atoms with Gasteiger partial charge in [0.05, 0.1) is 3.79 Å². The van der Waals surface area contributed by atoms with Crippen molar-refractivity contribution in [1.29, 1.82) is 0 Å². The number of hydrogen-bond donors (Lipinski definition) is 1. The van der Waals surface area contributed by atoms with E-state index in [0.29, 0.717) is 11.5 Å². The zero-order valence-electron chi connectivity index (χ0n) is 9.65. The highest BCUT2D eigenvalue weighted by atomic mass is 79.9. The van der Waals surface area contributed by atoms with E-state index in [-0.39, 0.29) is 0 Å². The van der Waals surface area contributed by atoms with E-state index in [4.69, 9.17) is 0 Å². The molecule has 0 amide bonds. The number of rotatable bonds is 3. The predicted molar refractivity (Wildman–Crippen MR) is 78.0 cm³/mol. The van der Waals surface area contributed by atoms with Gasteiger partial charge < -0.3 is 5.32 Å². The Labute approximate surface area is 118 Å². The molecule has 1 fully saturated rings. The van der Waals surface area contributed by atoms with Gasteiger partial charge in [-0.1, -0.05) is 20.3 Å². The van der Waals surface area contributed by atoms with Crippen LogP contribution < -0.4 is 5.32 Å². The highest BCUT2D eigenvalue weighted by Crippen LogP contribution is 2.38. The molecule has 2 rings (SSSR count). The number of thiophene rings is 1. The maximum Gasteiger partial charge on any atom is 0.0843 e. The summed E-state index contributed by atoms with van der Waals surface area (Å²) in [5.74, 6) is 0. The molecule has 1 heterocycles. The average molecular weight is 367 g/mol. The van der Waals surface area contributed by atoms with Crippen LogP contribution in [0.1, 0.15) is 38.0 Å². The van der Waals surface area contributed by atoms with Gasteiger partial charge in [-0.3, -0.25) is 0 Å². The van der Waals surface area contributed by atoms with Crippen LogP contribution >= 0.6 is 43.2 Å². The quantitative estimate of drug-likeness (QED) is 0.798. The van der Waals surface area contributed by atoms with Crippen molar-refractivity contribution < 1.29 is 0 Å². The first kappa shape index (κ1) is 13.1. The maximum absolute atomic E-state index is 3.70. The first-order chi connectivity index (χ1) is 7.49. The van der Waals surface area contributed by atoms with E-state index >= 15 is 0 Å². The summed E-state index contributed by atoms with van der Waals surface area (Å²) in [5, 5.41) is 3.70. The second-order valence-corrected chi connectivity index (χ2v) is 8.46. The van der Waals surface area contributed by atoms with Gasteiger partial charge in [-0.05, 0) is 56.2 Å². The summed E-state index contributed by atoms with van der Waals surface area (Å²) in [5.41, 5.74) is 0.464. The van der Waals surface area contributed by atoms with Crippen molar-refractivity contribution in [1.82, 2.24) is 5.32 Å². The van der Waals surface area contributed by atoms with E-state index in [2.05, 4.69) is 57.1 Å². The number of halogens is 2. The van der Waals surface area contributed by atoms with Crippen LogP contribution in [0.5, 0.6) is 0 Å². The van der Waals surface area contributed by atoms with Crippen molar-refractivity contribution in [3.63, 3.8) is 0 Å². The van der Waals surface area contributed by atoms with E-state index in [9.17, 15) is 0 Å². The molecule has 0 spiro atoms. The van der Waals surface area contributed by atoms with Crippen LogP contribution in [0, 0.1) is 5.41 Å². The van der Waals surface area contributed by atoms with Gasteiger partial charge in [0.2, 0.25) is 0 Å². The molecule has 0 aliphatic heterocycles. The summed E-state index contributed by atoms with van der Waals surface area (Å²) < 4.78 is 2.36. The lowest BCUT2D eigenvalue weighted by molar-refractivity contribution is 0.283. The third-order valence-electron chi connectivity index (χ3n) is 3.48. The molecule has 1 aromatic heterocycles. The molecular weight excluding hydrogens is 350 g/mol. The fraction of sp³-hybridized carbons (Fsp3) is 0.667. The zero-order chi connectivity index (χ0) is 11.8. The van der Waals surface area contributed by atoms with Crippen LogP contribution in [-0.4, -0.2) is 6.04 Å². The summed E-state index contributed by atoms with van der Waals surface area (Å²) in [6, 6.07) is 2.87. The van der Waals surface area contributed by atoms with Crippen molar-refractivity contribution in [3.05, 3.63) is 19.2 Å². The monoisotopic (exact) mass is 365 g/mol. The van der Waals surface area contributed by atoms with Gasteiger partial charge >= 0.3 is 0 Å².